The van der Waals surface area contributed by atoms with Gasteiger partial charge in [0.2, 0.25) is 0 Å². The molecule has 1 rings (SSSR count). The Labute approximate surface area is 96.6 Å². The van der Waals surface area contributed by atoms with Crippen molar-refractivity contribution < 1.29 is 19.0 Å². The topological polar surface area (TPSA) is 48.0 Å². The fourth-order valence-corrected chi connectivity index (χ4v) is 1.67. The minimum Gasteiger partial charge on any atom is -0.444 e. The second-order valence-electron chi connectivity index (χ2n) is 4.93. The normalized spacial score (nSPS) is 25.9. The number of carbonyl (C=O) groups is 1. The van der Waals surface area contributed by atoms with Crippen LogP contribution in [0.15, 0.2) is 0 Å². The van der Waals surface area contributed by atoms with E-state index in [0.717, 1.165) is 0 Å². The summed E-state index contributed by atoms with van der Waals surface area (Å²) in [5.74, 6) is 0. The maximum atomic E-state index is 11.8. The van der Waals surface area contributed by atoms with Crippen molar-refractivity contribution in [1.82, 2.24) is 4.90 Å². The van der Waals surface area contributed by atoms with Crippen LogP contribution in [0.4, 0.5) is 4.79 Å². The van der Waals surface area contributed by atoms with Gasteiger partial charge in [-0.2, -0.15) is 0 Å². The number of hydrogen-bond donors (Lipinski definition) is 0. The van der Waals surface area contributed by atoms with E-state index in [1.807, 2.05) is 20.8 Å². The lowest BCUT2D eigenvalue weighted by Gasteiger charge is -2.24. The molecule has 0 radical (unpaired) electrons. The predicted molar refractivity (Wildman–Crippen MR) is 59.4 cm³/mol. The summed E-state index contributed by atoms with van der Waals surface area (Å²) >= 11 is 0. The first-order valence-electron chi connectivity index (χ1n) is 5.41. The molecule has 0 aromatic heterocycles. The van der Waals surface area contributed by atoms with Gasteiger partial charge in [0.05, 0.1) is 13.1 Å². The lowest BCUT2D eigenvalue weighted by atomic mass is 10.2. The lowest BCUT2D eigenvalue weighted by molar-refractivity contribution is -0.00461. The van der Waals surface area contributed by atoms with E-state index >= 15 is 0 Å². The highest BCUT2D eigenvalue weighted by molar-refractivity contribution is 5.68. The molecule has 1 fully saturated rings. The quantitative estimate of drug-likeness (QED) is 0.718. The molecule has 0 bridgehead atoms. The maximum absolute atomic E-state index is 11.8. The van der Waals surface area contributed by atoms with E-state index in [2.05, 4.69) is 0 Å². The van der Waals surface area contributed by atoms with Gasteiger partial charge < -0.3 is 19.1 Å². The zero-order chi connectivity index (χ0) is 12.3. The summed E-state index contributed by atoms with van der Waals surface area (Å²) in [7, 11) is 3.24. The second kappa shape index (κ2) is 5.01. The molecule has 1 heterocycles. The summed E-state index contributed by atoms with van der Waals surface area (Å²) in [5, 5.41) is 0. The third-order valence-corrected chi connectivity index (χ3v) is 2.47. The first-order chi connectivity index (χ1) is 7.37. The Morgan fingerprint density at radius 2 is 1.56 bits per heavy atom. The number of carbonyl (C=O) groups excluding carboxylic acids is 1. The molecule has 1 saturated heterocycles. The molecule has 0 aromatic rings. The first kappa shape index (κ1) is 13.3. The Hall–Kier alpha value is -0.810. The van der Waals surface area contributed by atoms with Crippen molar-refractivity contribution in [2.24, 2.45) is 0 Å². The number of amides is 1. The van der Waals surface area contributed by atoms with Crippen molar-refractivity contribution in [3.63, 3.8) is 0 Å². The monoisotopic (exact) mass is 231 g/mol. The minimum atomic E-state index is -0.467. The van der Waals surface area contributed by atoms with Gasteiger partial charge in [-0.05, 0) is 20.8 Å². The van der Waals surface area contributed by atoms with Gasteiger partial charge in [0.15, 0.2) is 0 Å². The number of likely N-dealkylation sites (tertiary alicyclic amines) is 1. The Kier molecular flexibility index (Phi) is 4.15. The summed E-state index contributed by atoms with van der Waals surface area (Å²) in [6, 6.07) is 0. The Morgan fingerprint density at radius 3 is 1.88 bits per heavy atom. The molecule has 1 amide bonds. The van der Waals surface area contributed by atoms with Gasteiger partial charge in [-0.3, -0.25) is 0 Å². The average Bonchev–Trinajstić information content (AvgIpc) is 2.57. The van der Waals surface area contributed by atoms with Crippen LogP contribution in [0, 0.1) is 0 Å². The van der Waals surface area contributed by atoms with Crippen molar-refractivity contribution >= 4 is 6.09 Å². The molecule has 1 aliphatic rings. The van der Waals surface area contributed by atoms with Crippen LogP contribution < -0.4 is 0 Å². The highest BCUT2D eigenvalue weighted by Gasteiger charge is 2.37. The third-order valence-electron chi connectivity index (χ3n) is 2.47. The van der Waals surface area contributed by atoms with E-state index in [-0.39, 0.29) is 18.3 Å². The van der Waals surface area contributed by atoms with Gasteiger partial charge in [-0.15, -0.1) is 0 Å². The van der Waals surface area contributed by atoms with Crippen LogP contribution in [0.1, 0.15) is 20.8 Å². The Morgan fingerprint density at radius 1 is 1.12 bits per heavy atom. The molecule has 16 heavy (non-hydrogen) atoms. The standard InChI is InChI=1S/C11H21NO4/c1-11(2,3)16-10(13)12-6-8(14-4)9(7-12)15-5/h8-9H,6-7H2,1-5H3/t8-,9-/m1/s1. The zero-order valence-corrected chi connectivity index (χ0v) is 10.6. The summed E-state index contributed by atoms with van der Waals surface area (Å²) in [6.45, 7) is 6.58. The van der Waals surface area contributed by atoms with Crippen LogP contribution >= 0.6 is 0 Å². The molecule has 2 atom stereocenters. The predicted octanol–water partition coefficient (Wildman–Crippen LogP) is 1.27. The smallest absolute Gasteiger partial charge is 0.410 e. The van der Waals surface area contributed by atoms with Crippen molar-refractivity contribution in [2.45, 2.75) is 38.6 Å². The molecule has 5 heteroatoms. The Bertz CT molecular complexity index is 237. The molecule has 0 saturated carbocycles. The van der Waals surface area contributed by atoms with Gasteiger partial charge in [-0.25, -0.2) is 4.79 Å². The fourth-order valence-electron chi connectivity index (χ4n) is 1.67. The van der Waals surface area contributed by atoms with Gasteiger partial charge in [-0.1, -0.05) is 0 Å². The summed E-state index contributed by atoms with van der Waals surface area (Å²) in [4.78, 5) is 13.4. The number of methoxy groups -OCH3 is 2. The van der Waals surface area contributed by atoms with E-state index in [1.54, 1.807) is 19.1 Å². The third kappa shape index (κ3) is 3.35. The van der Waals surface area contributed by atoms with Gasteiger partial charge in [0.25, 0.3) is 0 Å². The SMILES string of the molecule is CO[C@@H]1CN(C(=O)OC(C)(C)C)C[C@H]1OC. The van der Waals surface area contributed by atoms with E-state index < -0.39 is 5.60 Å². The second-order valence-corrected chi connectivity index (χ2v) is 4.93. The van der Waals surface area contributed by atoms with Gasteiger partial charge in [0.1, 0.15) is 17.8 Å². The fraction of sp³-hybridized carbons (Fsp3) is 0.909. The molecule has 1 aliphatic heterocycles. The van der Waals surface area contributed by atoms with Gasteiger partial charge in [0, 0.05) is 14.2 Å². The largest absolute Gasteiger partial charge is 0.444 e. The summed E-state index contributed by atoms with van der Waals surface area (Å²) in [6.07, 6.45) is -0.455. The average molecular weight is 231 g/mol. The van der Waals surface area contributed by atoms with E-state index in [1.165, 1.54) is 0 Å². The molecular formula is C11H21NO4. The number of ether oxygens (including phenoxy) is 3. The molecule has 0 N–H and O–H groups in total. The van der Waals surface area contributed by atoms with E-state index in [4.69, 9.17) is 14.2 Å². The molecule has 5 nitrogen and oxygen atoms in total. The highest BCUT2D eigenvalue weighted by Crippen LogP contribution is 2.18. The van der Waals surface area contributed by atoms with Crippen molar-refractivity contribution in [3.05, 3.63) is 0 Å². The van der Waals surface area contributed by atoms with E-state index in [0.29, 0.717) is 13.1 Å². The molecule has 0 aromatic carbocycles. The Balaban J connectivity index is 2.54. The number of hydrogen-bond acceptors (Lipinski definition) is 4. The molecule has 0 aliphatic carbocycles. The number of rotatable bonds is 2. The van der Waals surface area contributed by atoms with Crippen LogP contribution in [0.25, 0.3) is 0 Å². The van der Waals surface area contributed by atoms with Crippen molar-refractivity contribution in [2.75, 3.05) is 27.3 Å². The highest BCUT2D eigenvalue weighted by atomic mass is 16.6. The molecular weight excluding hydrogens is 210 g/mol. The summed E-state index contributed by atoms with van der Waals surface area (Å²) < 4.78 is 15.8. The molecule has 0 spiro atoms. The van der Waals surface area contributed by atoms with Gasteiger partial charge >= 0.3 is 6.09 Å². The van der Waals surface area contributed by atoms with Crippen LogP contribution in [0.2, 0.25) is 0 Å². The maximum Gasteiger partial charge on any atom is 0.410 e. The zero-order valence-electron chi connectivity index (χ0n) is 10.6. The van der Waals surface area contributed by atoms with Crippen molar-refractivity contribution in [1.29, 1.82) is 0 Å². The van der Waals surface area contributed by atoms with Crippen LogP contribution in [-0.2, 0) is 14.2 Å². The molecule has 94 valence electrons. The van der Waals surface area contributed by atoms with Crippen molar-refractivity contribution in [3.8, 4) is 0 Å². The van der Waals surface area contributed by atoms with Crippen LogP contribution in [0.5, 0.6) is 0 Å². The van der Waals surface area contributed by atoms with E-state index in [9.17, 15) is 4.79 Å². The van der Waals surface area contributed by atoms with Crippen LogP contribution in [-0.4, -0.2) is 56.1 Å². The minimum absolute atomic E-state index is 0.0717. The first-order valence-corrected chi connectivity index (χ1v) is 5.41. The lowest BCUT2D eigenvalue weighted by Crippen LogP contribution is -2.36. The van der Waals surface area contributed by atoms with Crippen LogP contribution in [0.3, 0.4) is 0 Å². The molecule has 0 unspecified atom stereocenters. The number of nitrogens with zero attached hydrogens (tertiary/aromatic N) is 1. The summed E-state index contributed by atoms with van der Waals surface area (Å²) in [5.41, 5.74) is -0.467.